The molecule has 92 valence electrons. The smallest absolute Gasteiger partial charge is 0.307 e. The molecule has 1 N–H and O–H groups in total. The zero-order chi connectivity index (χ0) is 12.6. The minimum atomic E-state index is -0.828. The fraction of sp³-hybridized carbons (Fsp3) is 0.538. The largest absolute Gasteiger partial charge is 0.481 e. The Balaban J connectivity index is 2.25. The molecule has 2 atom stereocenters. The molecular weight excluding hydrogens is 236 g/mol. The van der Waals surface area contributed by atoms with E-state index in [1.165, 1.54) is 0 Å². The summed E-state index contributed by atoms with van der Waals surface area (Å²) in [5.41, 5.74) is 0.727. The number of rotatable bonds is 3. The second-order valence-corrected chi connectivity index (χ2v) is 6.13. The van der Waals surface area contributed by atoms with E-state index in [2.05, 4.69) is 0 Å². The molecule has 0 spiro atoms. The lowest BCUT2D eigenvalue weighted by atomic mass is 9.88. The summed E-state index contributed by atoms with van der Waals surface area (Å²) in [6, 6.07) is 1.89. The quantitative estimate of drug-likeness (QED) is 0.841. The third-order valence-electron chi connectivity index (χ3n) is 3.48. The molecule has 1 aliphatic rings. The van der Waals surface area contributed by atoms with Crippen molar-refractivity contribution in [3.63, 3.8) is 0 Å². The summed E-state index contributed by atoms with van der Waals surface area (Å²) in [5, 5.41) is 9.10. The number of carboxylic acids is 1. The van der Waals surface area contributed by atoms with Crippen molar-refractivity contribution in [1.82, 2.24) is 0 Å². The Bertz CT molecular complexity index is 461. The number of hydrogen-bond acceptors (Lipinski definition) is 3. The van der Waals surface area contributed by atoms with Crippen LogP contribution in [-0.2, 0) is 4.79 Å². The highest BCUT2D eigenvalue weighted by Crippen LogP contribution is 2.36. The van der Waals surface area contributed by atoms with Crippen LogP contribution in [0.3, 0.4) is 0 Å². The number of hydrogen-bond donors (Lipinski definition) is 1. The van der Waals surface area contributed by atoms with Crippen molar-refractivity contribution in [2.24, 2.45) is 11.8 Å². The number of aryl methyl sites for hydroxylation is 2. The van der Waals surface area contributed by atoms with Crippen molar-refractivity contribution in [2.75, 3.05) is 0 Å². The van der Waals surface area contributed by atoms with E-state index >= 15 is 0 Å². The lowest BCUT2D eigenvalue weighted by Crippen LogP contribution is -2.25. The maximum absolute atomic E-state index is 12.3. The molecule has 4 heteroatoms. The molecule has 1 aliphatic carbocycles. The van der Waals surface area contributed by atoms with E-state index in [0.29, 0.717) is 12.8 Å². The first-order valence-corrected chi connectivity index (χ1v) is 6.66. The van der Waals surface area contributed by atoms with E-state index in [0.717, 1.165) is 21.7 Å². The second kappa shape index (κ2) is 4.61. The number of ketones is 1. The third-order valence-corrected chi connectivity index (χ3v) is 4.44. The van der Waals surface area contributed by atoms with Gasteiger partial charge < -0.3 is 5.11 Å². The van der Waals surface area contributed by atoms with Crippen molar-refractivity contribution in [1.29, 1.82) is 0 Å². The Labute approximate surface area is 104 Å². The molecule has 17 heavy (non-hydrogen) atoms. The normalized spacial score (nSPS) is 23.9. The Hall–Kier alpha value is -1.16. The Kier molecular flexibility index (Phi) is 3.33. The first-order chi connectivity index (χ1) is 8.00. The molecular formula is C13H16O3S. The van der Waals surface area contributed by atoms with Crippen LogP contribution in [0.5, 0.6) is 0 Å². The average molecular weight is 252 g/mol. The van der Waals surface area contributed by atoms with Crippen molar-refractivity contribution in [3.8, 4) is 0 Å². The second-order valence-electron chi connectivity index (χ2n) is 4.67. The molecule has 0 bridgehead atoms. The highest BCUT2D eigenvalue weighted by molar-refractivity contribution is 7.12. The summed E-state index contributed by atoms with van der Waals surface area (Å²) in [5.74, 6) is -1.61. The van der Waals surface area contributed by atoms with E-state index in [4.69, 9.17) is 5.11 Å². The van der Waals surface area contributed by atoms with Gasteiger partial charge in [0.25, 0.3) is 0 Å². The van der Waals surface area contributed by atoms with Crippen LogP contribution in [0.1, 0.15) is 39.4 Å². The van der Waals surface area contributed by atoms with Crippen LogP contribution in [0, 0.1) is 25.7 Å². The van der Waals surface area contributed by atoms with Crippen LogP contribution in [0.2, 0.25) is 0 Å². The SMILES string of the molecule is Cc1cc(C(=O)C2CCCC2C(=O)O)c(C)s1. The predicted molar refractivity (Wildman–Crippen MR) is 66.6 cm³/mol. The number of carbonyl (C=O) groups is 2. The van der Waals surface area contributed by atoms with Crippen LogP contribution in [0.4, 0.5) is 0 Å². The minimum Gasteiger partial charge on any atom is -0.481 e. The average Bonchev–Trinajstić information content (AvgIpc) is 2.83. The number of carbonyl (C=O) groups excluding carboxylic acids is 1. The summed E-state index contributed by atoms with van der Waals surface area (Å²) in [4.78, 5) is 25.5. The van der Waals surface area contributed by atoms with Gasteiger partial charge in [-0.2, -0.15) is 0 Å². The molecule has 2 unspecified atom stereocenters. The summed E-state index contributed by atoms with van der Waals surface area (Å²) < 4.78 is 0. The number of carboxylic acid groups (broad SMARTS) is 1. The highest BCUT2D eigenvalue weighted by Gasteiger charge is 2.38. The van der Waals surface area contributed by atoms with Gasteiger partial charge in [0.2, 0.25) is 0 Å². The number of Topliss-reactive ketones (excluding diaryl/α,β-unsaturated/α-hetero) is 1. The van der Waals surface area contributed by atoms with Gasteiger partial charge in [-0.1, -0.05) is 6.42 Å². The van der Waals surface area contributed by atoms with Gasteiger partial charge >= 0.3 is 5.97 Å². The maximum Gasteiger partial charge on any atom is 0.307 e. The molecule has 1 heterocycles. The van der Waals surface area contributed by atoms with Crippen molar-refractivity contribution in [3.05, 3.63) is 21.4 Å². The van der Waals surface area contributed by atoms with Gasteiger partial charge in [0, 0.05) is 21.2 Å². The fourth-order valence-electron chi connectivity index (χ4n) is 2.64. The zero-order valence-corrected chi connectivity index (χ0v) is 10.8. The Morgan fingerprint density at radius 1 is 1.29 bits per heavy atom. The van der Waals surface area contributed by atoms with E-state index < -0.39 is 11.9 Å². The van der Waals surface area contributed by atoms with Gasteiger partial charge in [-0.15, -0.1) is 11.3 Å². The van der Waals surface area contributed by atoms with Gasteiger partial charge in [-0.25, -0.2) is 0 Å². The molecule has 0 aromatic carbocycles. The predicted octanol–water partition coefficient (Wildman–Crippen LogP) is 3.05. The van der Waals surface area contributed by atoms with Gasteiger partial charge in [-0.05, 0) is 32.8 Å². The standard InChI is InChI=1S/C13H16O3S/c1-7-6-11(8(2)17-7)12(14)9-4-3-5-10(9)13(15)16/h6,9-10H,3-5H2,1-2H3,(H,15,16). The molecule has 1 fully saturated rings. The van der Waals surface area contributed by atoms with Gasteiger partial charge in [0.15, 0.2) is 5.78 Å². The zero-order valence-electron chi connectivity index (χ0n) is 10.0. The summed E-state index contributed by atoms with van der Waals surface area (Å²) in [6.45, 7) is 3.90. The Morgan fingerprint density at radius 2 is 1.94 bits per heavy atom. The molecule has 0 radical (unpaired) electrons. The molecule has 0 aliphatic heterocycles. The lowest BCUT2D eigenvalue weighted by molar-refractivity contribution is -0.142. The van der Waals surface area contributed by atoms with Crippen molar-refractivity contribution >= 4 is 23.1 Å². The fourth-order valence-corrected chi connectivity index (χ4v) is 3.57. The number of aliphatic carboxylic acids is 1. The van der Waals surface area contributed by atoms with E-state index in [1.54, 1.807) is 11.3 Å². The first kappa shape index (κ1) is 12.3. The minimum absolute atomic E-state index is 0.0248. The van der Waals surface area contributed by atoms with Gasteiger partial charge in [0.05, 0.1) is 5.92 Å². The lowest BCUT2D eigenvalue weighted by Gasteiger charge is -2.14. The topological polar surface area (TPSA) is 54.4 Å². The van der Waals surface area contributed by atoms with Crippen LogP contribution in [0.25, 0.3) is 0 Å². The van der Waals surface area contributed by atoms with Gasteiger partial charge in [0.1, 0.15) is 0 Å². The molecule has 1 aromatic rings. The van der Waals surface area contributed by atoms with Crippen LogP contribution in [-0.4, -0.2) is 16.9 Å². The summed E-state index contributed by atoms with van der Waals surface area (Å²) in [6.07, 6.45) is 2.19. The van der Waals surface area contributed by atoms with E-state index in [9.17, 15) is 9.59 Å². The molecule has 3 nitrogen and oxygen atoms in total. The molecule has 1 aromatic heterocycles. The van der Waals surface area contributed by atoms with E-state index in [1.807, 2.05) is 19.9 Å². The van der Waals surface area contributed by atoms with Crippen LogP contribution in [0.15, 0.2) is 6.07 Å². The third kappa shape index (κ3) is 2.27. The molecule has 1 saturated carbocycles. The number of thiophene rings is 1. The summed E-state index contributed by atoms with van der Waals surface area (Å²) in [7, 11) is 0. The van der Waals surface area contributed by atoms with Crippen molar-refractivity contribution < 1.29 is 14.7 Å². The maximum atomic E-state index is 12.3. The van der Waals surface area contributed by atoms with E-state index in [-0.39, 0.29) is 11.7 Å². The summed E-state index contributed by atoms with van der Waals surface area (Å²) >= 11 is 1.60. The molecule has 0 saturated heterocycles. The Morgan fingerprint density at radius 3 is 2.47 bits per heavy atom. The molecule has 2 rings (SSSR count). The first-order valence-electron chi connectivity index (χ1n) is 5.84. The van der Waals surface area contributed by atoms with Crippen LogP contribution >= 0.6 is 11.3 Å². The van der Waals surface area contributed by atoms with Crippen LogP contribution < -0.4 is 0 Å². The van der Waals surface area contributed by atoms with Gasteiger partial charge in [-0.3, -0.25) is 9.59 Å². The molecule has 0 amide bonds. The monoisotopic (exact) mass is 252 g/mol. The van der Waals surface area contributed by atoms with Crippen molar-refractivity contribution in [2.45, 2.75) is 33.1 Å². The highest BCUT2D eigenvalue weighted by atomic mass is 32.1.